The zero-order valence-electron chi connectivity index (χ0n) is 16.5. The second-order valence-electron chi connectivity index (χ2n) is 7.03. The van der Waals surface area contributed by atoms with Crippen molar-refractivity contribution in [2.24, 2.45) is 0 Å². The number of hydrogen-bond donors (Lipinski definition) is 3. The predicted octanol–water partition coefficient (Wildman–Crippen LogP) is 1.34. The van der Waals surface area contributed by atoms with E-state index in [1.54, 1.807) is 12.1 Å². The van der Waals surface area contributed by atoms with Gasteiger partial charge in [-0.3, -0.25) is 14.4 Å². The molecule has 1 aliphatic rings. The lowest BCUT2D eigenvalue weighted by Gasteiger charge is -2.26. The van der Waals surface area contributed by atoms with Crippen molar-refractivity contribution in [3.63, 3.8) is 0 Å². The Morgan fingerprint density at radius 2 is 1.90 bits per heavy atom. The Balaban J connectivity index is 1.62. The summed E-state index contributed by atoms with van der Waals surface area (Å²) in [6, 6.07) is 15.3. The summed E-state index contributed by atoms with van der Waals surface area (Å²) in [5.74, 6) is -0.647. The van der Waals surface area contributed by atoms with Crippen LogP contribution in [0.4, 0.5) is 5.69 Å². The van der Waals surface area contributed by atoms with E-state index in [0.29, 0.717) is 30.9 Å². The van der Waals surface area contributed by atoms with Gasteiger partial charge in [0.05, 0.1) is 24.3 Å². The normalized spacial score (nSPS) is 13.8. The molecule has 0 radical (unpaired) electrons. The van der Waals surface area contributed by atoms with Gasteiger partial charge in [0.1, 0.15) is 0 Å². The molecule has 2 aromatic carbocycles. The SMILES string of the molecule is Cc1cccc(NC(=O)CN2CCNCC2=O)c1C(=O)NCCc1ccccc1. The fourth-order valence-electron chi connectivity index (χ4n) is 3.30. The first-order valence-corrected chi connectivity index (χ1v) is 9.74. The molecule has 3 N–H and O–H groups in total. The molecular weight excluding hydrogens is 368 g/mol. The van der Waals surface area contributed by atoms with Crippen LogP contribution < -0.4 is 16.0 Å². The third kappa shape index (κ3) is 5.65. The number of benzene rings is 2. The maximum Gasteiger partial charge on any atom is 0.253 e. The second kappa shape index (κ2) is 9.84. The lowest BCUT2D eigenvalue weighted by atomic mass is 10.1. The van der Waals surface area contributed by atoms with E-state index in [4.69, 9.17) is 0 Å². The number of amides is 3. The Bertz CT molecular complexity index is 883. The fourth-order valence-corrected chi connectivity index (χ4v) is 3.30. The van der Waals surface area contributed by atoms with Crippen molar-refractivity contribution in [1.29, 1.82) is 0 Å². The Morgan fingerprint density at radius 3 is 2.66 bits per heavy atom. The number of carbonyl (C=O) groups excluding carboxylic acids is 3. The van der Waals surface area contributed by atoms with Gasteiger partial charge in [0, 0.05) is 19.6 Å². The molecule has 7 nitrogen and oxygen atoms in total. The average molecular weight is 394 g/mol. The molecule has 7 heteroatoms. The van der Waals surface area contributed by atoms with Gasteiger partial charge in [-0.15, -0.1) is 0 Å². The van der Waals surface area contributed by atoms with E-state index >= 15 is 0 Å². The largest absolute Gasteiger partial charge is 0.352 e. The van der Waals surface area contributed by atoms with E-state index in [0.717, 1.165) is 17.5 Å². The monoisotopic (exact) mass is 394 g/mol. The molecule has 0 saturated carbocycles. The predicted molar refractivity (Wildman–Crippen MR) is 112 cm³/mol. The van der Waals surface area contributed by atoms with Gasteiger partial charge in [0.2, 0.25) is 11.8 Å². The second-order valence-corrected chi connectivity index (χ2v) is 7.03. The van der Waals surface area contributed by atoms with Crippen molar-refractivity contribution in [1.82, 2.24) is 15.5 Å². The average Bonchev–Trinajstić information content (AvgIpc) is 2.70. The maximum atomic E-state index is 12.8. The smallest absolute Gasteiger partial charge is 0.253 e. The van der Waals surface area contributed by atoms with Crippen LogP contribution in [0, 0.1) is 6.92 Å². The summed E-state index contributed by atoms with van der Waals surface area (Å²) in [6.45, 7) is 3.71. The number of piperazine rings is 1. The molecule has 3 amide bonds. The molecule has 0 atom stereocenters. The molecule has 3 rings (SSSR count). The van der Waals surface area contributed by atoms with Crippen molar-refractivity contribution in [2.75, 3.05) is 38.0 Å². The minimum atomic E-state index is -0.316. The number of nitrogens with one attached hydrogen (secondary N) is 3. The summed E-state index contributed by atoms with van der Waals surface area (Å²) in [5.41, 5.74) is 2.82. The number of rotatable bonds is 7. The Labute approximate surface area is 170 Å². The summed E-state index contributed by atoms with van der Waals surface area (Å²) < 4.78 is 0. The van der Waals surface area contributed by atoms with Crippen LogP contribution in [0.25, 0.3) is 0 Å². The topological polar surface area (TPSA) is 90.5 Å². The molecule has 0 bridgehead atoms. The van der Waals surface area contributed by atoms with E-state index in [2.05, 4.69) is 16.0 Å². The summed E-state index contributed by atoms with van der Waals surface area (Å²) in [6.07, 6.45) is 0.727. The van der Waals surface area contributed by atoms with Gasteiger partial charge in [-0.25, -0.2) is 0 Å². The van der Waals surface area contributed by atoms with Gasteiger partial charge in [-0.1, -0.05) is 42.5 Å². The molecule has 0 aromatic heterocycles. The number of aryl methyl sites for hydroxylation is 1. The van der Waals surface area contributed by atoms with Gasteiger partial charge < -0.3 is 20.9 Å². The summed E-state index contributed by atoms with van der Waals surface area (Å²) in [4.78, 5) is 38.6. The standard InChI is InChI=1S/C22H26N4O3/c1-16-6-5-9-18(25-19(27)15-26-13-12-23-14-20(26)28)21(16)22(29)24-11-10-17-7-3-2-4-8-17/h2-9,23H,10-15H2,1H3,(H,24,29)(H,25,27). The minimum absolute atomic E-state index is 0.0243. The van der Waals surface area contributed by atoms with E-state index in [-0.39, 0.29) is 30.8 Å². The van der Waals surface area contributed by atoms with E-state index in [1.807, 2.05) is 43.3 Å². The van der Waals surface area contributed by atoms with Crippen LogP contribution in [0.5, 0.6) is 0 Å². The highest BCUT2D eigenvalue weighted by Gasteiger charge is 2.21. The quantitative estimate of drug-likeness (QED) is 0.661. The van der Waals surface area contributed by atoms with Gasteiger partial charge in [-0.2, -0.15) is 0 Å². The van der Waals surface area contributed by atoms with Crippen LogP contribution in [-0.4, -0.2) is 55.3 Å². The lowest BCUT2D eigenvalue weighted by molar-refractivity contribution is -0.135. The molecule has 0 unspecified atom stereocenters. The lowest BCUT2D eigenvalue weighted by Crippen LogP contribution is -2.50. The summed E-state index contributed by atoms with van der Waals surface area (Å²) in [7, 11) is 0. The van der Waals surface area contributed by atoms with Gasteiger partial charge in [0.15, 0.2) is 0 Å². The number of hydrogen-bond acceptors (Lipinski definition) is 4. The van der Waals surface area contributed by atoms with E-state index in [1.165, 1.54) is 4.90 Å². The van der Waals surface area contributed by atoms with Crippen molar-refractivity contribution in [2.45, 2.75) is 13.3 Å². The third-order valence-electron chi connectivity index (χ3n) is 4.84. The van der Waals surface area contributed by atoms with Crippen LogP contribution in [-0.2, 0) is 16.0 Å². The highest BCUT2D eigenvalue weighted by atomic mass is 16.2. The van der Waals surface area contributed by atoms with Gasteiger partial charge >= 0.3 is 0 Å². The highest BCUT2D eigenvalue weighted by molar-refractivity contribution is 6.05. The van der Waals surface area contributed by atoms with Crippen molar-refractivity contribution in [3.8, 4) is 0 Å². The number of carbonyl (C=O) groups is 3. The Hall–Kier alpha value is -3.19. The first kappa shape index (κ1) is 20.5. The Morgan fingerprint density at radius 1 is 1.10 bits per heavy atom. The molecule has 1 saturated heterocycles. The molecule has 0 spiro atoms. The first-order chi connectivity index (χ1) is 14.0. The minimum Gasteiger partial charge on any atom is -0.352 e. The zero-order chi connectivity index (χ0) is 20.6. The van der Waals surface area contributed by atoms with Crippen LogP contribution in [0.2, 0.25) is 0 Å². The van der Waals surface area contributed by atoms with Crippen molar-refractivity contribution in [3.05, 3.63) is 65.2 Å². The molecular formula is C22H26N4O3. The van der Waals surface area contributed by atoms with Crippen LogP contribution in [0.1, 0.15) is 21.5 Å². The number of anilines is 1. The summed E-state index contributed by atoms with van der Waals surface area (Å²) in [5, 5.41) is 8.70. The van der Waals surface area contributed by atoms with E-state index in [9.17, 15) is 14.4 Å². The first-order valence-electron chi connectivity index (χ1n) is 9.74. The molecule has 1 heterocycles. The molecule has 1 fully saturated rings. The van der Waals surface area contributed by atoms with Crippen LogP contribution >= 0.6 is 0 Å². The maximum absolute atomic E-state index is 12.8. The molecule has 2 aromatic rings. The van der Waals surface area contributed by atoms with Crippen LogP contribution in [0.3, 0.4) is 0 Å². The molecule has 29 heavy (non-hydrogen) atoms. The molecule has 0 aliphatic carbocycles. The van der Waals surface area contributed by atoms with Crippen LogP contribution in [0.15, 0.2) is 48.5 Å². The fraction of sp³-hybridized carbons (Fsp3) is 0.318. The molecule has 1 aliphatic heterocycles. The Kier molecular flexibility index (Phi) is 6.97. The zero-order valence-corrected chi connectivity index (χ0v) is 16.5. The summed E-state index contributed by atoms with van der Waals surface area (Å²) >= 11 is 0. The number of nitrogens with zero attached hydrogens (tertiary/aromatic N) is 1. The molecule has 152 valence electrons. The van der Waals surface area contributed by atoms with Gasteiger partial charge in [0.25, 0.3) is 5.91 Å². The van der Waals surface area contributed by atoms with Crippen molar-refractivity contribution < 1.29 is 14.4 Å². The third-order valence-corrected chi connectivity index (χ3v) is 4.84. The highest BCUT2D eigenvalue weighted by Crippen LogP contribution is 2.19. The van der Waals surface area contributed by atoms with Gasteiger partial charge in [-0.05, 0) is 30.5 Å². The van der Waals surface area contributed by atoms with E-state index < -0.39 is 0 Å². The van der Waals surface area contributed by atoms with Crippen molar-refractivity contribution >= 4 is 23.4 Å².